The van der Waals surface area contributed by atoms with Gasteiger partial charge in [0.05, 0.1) is 16.3 Å². The van der Waals surface area contributed by atoms with Crippen molar-refractivity contribution in [3.63, 3.8) is 0 Å². The fourth-order valence-corrected chi connectivity index (χ4v) is 8.35. The van der Waals surface area contributed by atoms with Crippen molar-refractivity contribution in [2.75, 3.05) is 0 Å². The van der Waals surface area contributed by atoms with E-state index in [2.05, 4.69) is 0 Å². The van der Waals surface area contributed by atoms with Gasteiger partial charge in [0, 0.05) is 22.2 Å². The van der Waals surface area contributed by atoms with Crippen molar-refractivity contribution in [2.45, 2.75) is 48.8 Å². The average Bonchev–Trinajstić information content (AvgIpc) is 3.27. The molecule has 178 valence electrons. The van der Waals surface area contributed by atoms with Crippen LogP contribution < -0.4 is 0 Å². The molecule has 4 aliphatic carbocycles. The van der Waals surface area contributed by atoms with E-state index in [0.29, 0.717) is 22.8 Å². The minimum atomic E-state index is -3.99. The van der Waals surface area contributed by atoms with E-state index in [-0.39, 0.29) is 15.2 Å². The summed E-state index contributed by atoms with van der Waals surface area (Å²) in [6.45, 7) is 0. The molecule has 5 nitrogen and oxygen atoms in total. The summed E-state index contributed by atoms with van der Waals surface area (Å²) in [5, 5.41) is 15.5. The van der Waals surface area contributed by atoms with Crippen LogP contribution in [0.15, 0.2) is 70.6 Å². The molecule has 7 rings (SSSR count). The van der Waals surface area contributed by atoms with Crippen LogP contribution in [0.5, 0.6) is 0 Å². The van der Waals surface area contributed by atoms with Gasteiger partial charge in [-0.2, -0.15) is 10.4 Å². The van der Waals surface area contributed by atoms with E-state index in [1.165, 1.54) is 49.6 Å². The first kappa shape index (κ1) is 22.6. The lowest BCUT2D eigenvalue weighted by Crippen LogP contribution is -2.49. The molecule has 0 radical (unpaired) electrons. The lowest BCUT2D eigenvalue weighted by atomic mass is 9.48. The van der Waals surface area contributed by atoms with E-state index in [4.69, 9.17) is 16.7 Å². The molecule has 0 spiro atoms. The largest absolute Gasteiger partial charge is 0.240 e. The van der Waals surface area contributed by atoms with E-state index < -0.39 is 9.84 Å². The van der Waals surface area contributed by atoms with Gasteiger partial charge in [-0.25, -0.2) is 13.1 Å². The number of hydrogen-bond acceptors (Lipinski definition) is 4. The first-order valence-corrected chi connectivity index (χ1v) is 14.0. The van der Waals surface area contributed by atoms with Gasteiger partial charge in [-0.15, -0.1) is 0 Å². The molecule has 3 aromatic rings. The normalized spacial score (nSPS) is 27.7. The van der Waals surface area contributed by atoms with Crippen molar-refractivity contribution in [2.24, 2.45) is 17.8 Å². The summed E-state index contributed by atoms with van der Waals surface area (Å²) in [5.41, 5.74) is 2.53. The average molecular weight is 504 g/mol. The van der Waals surface area contributed by atoms with Crippen LogP contribution in [-0.2, 0) is 15.3 Å². The number of nitrogens with zero attached hydrogens (tertiary/aromatic N) is 3. The topological polar surface area (TPSA) is 75.8 Å². The fraction of sp³-hybridized carbons (Fsp3) is 0.357. The van der Waals surface area contributed by atoms with Crippen LogP contribution in [0.1, 0.15) is 49.8 Å². The molecule has 0 aliphatic heterocycles. The van der Waals surface area contributed by atoms with Gasteiger partial charge in [0.2, 0.25) is 9.84 Å². The van der Waals surface area contributed by atoms with E-state index >= 15 is 0 Å². The van der Waals surface area contributed by atoms with Crippen molar-refractivity contribution < 1.29 is 8.42 Å². The second kappa shape index (κ2) is 8.36. The first-order valence-electron chi connectivity index (χ1n) is 12.1. The third-order valence-electron chi connectivity index (χ3n) is 8.11. The molecule has 4 bridgehead atoms. The number of para-hydroxylation sites is 1. The Morgan fingerprint density at radius 2 is 1.60 bits per heavy atom. The zero-order valence-electron chi connectivity index (χ0n) is 19.3. The van der Waals surface area contributed by atoms with Crippen LogP contribution in [0.4, 0.5) is 0 Å². The molecular weight excluding hydrogens is 478 g/mol. The third-order valence-corrected chi connectivity index (χ3v) is 10.0. The summed E-state index contributed by atoms with van der Waals surface area (Å²) < 4.78 is 28.5. The number of rotatable bonds is 5. The smallest absolute Gasteiger partial charge is 0.216 e. The molecular formula is C28H26ClN3O2S. The predicted octanol–water partition coefficient (Wildman–Crippen LogP) is 6.33. The number of aromatic nitrogens is 2. The summed E-state index contributed by atoms with van der Waals surface area (Å²) in [6.07, 6.45) is 10.6. The lowest BCUT2D eigenvalue weighted by molar-refractivity contribution is -0.00743. The van der Waals surface area contributed by atoms with Gasteiger partial charge >= 0.3 is 0 Å². The summed E-state index contributed by atoms with van der Waals surface area (Å²) >= 11 is 5.95. The Bertz CT molecular complexity index is 1410. The van der Waals surface area contributed by atoms with E-state index in [0.717, 1.165) is 36.2 Å². The van der Waals surface area contributed by atoms with Gasteiger partial charge in [0.1, 0.15) is 11.0 Å². The van der Waals surface area contributed by atoms with E-state index in [9.17, 15) is 13.7 Å². The maximum absolute atomic E-state index is 13.4. The Hall–Kier alpha value is -2.88. The van der Waals surface area contributed by atoms with Crippen LogP contribution in [-0.4, -0.2) is 18.2 Å². The third kappa shape index (κ3) is 3.91. The summed E-state index contributed by atoms with van der Waals surface area (Å²) in [7, 11) is -3.99. The molecule has 1 heterocycles. The number of halogens is 1. The van der Waals surface area contributed by atoms with Crippen molar-refractivity contribution in [1.29, 1.82) is 5.26 Å². The van der Waals surface area contributed by atoms with E-state index in [1.54, 1.807) is 0 Å². The first-order chi connectivity index (χ1) is 16.9. The second-order valence-corrected chi connectivity index (χ2v) is 12.8. The zero-order valence-corrected chi connectivity index (χ0v) is 20.8. The highest BCUT2D eigenvalue weighted by molar-refractivity contribution is 7.95. The van der Waals surface area contributed by atoms with Crippen LogP contribution >= 0.6 is 11.6 Å². The lowest BCUT2D eigenvalue weighted by Gasteiger charge is -2.56. The Labute approximate surface area is 211 Å². The molecule has 0 atom stereocenters. The molecule has 0 saturated heterocycles. The quantitative estimate of drug-likeness (QED) is 0.381. The van der Waals surface area contributed by atoms with Gasteiger partial charge in [-0.05, 0) is 98.8 Å². The second-order valence-electron chi connectivity index (χ2n) is 10.5. The molecule has 4 aliphatic rings. The van der Waals surface area contributed by atoms with Crippen LogP contribution in [0.25, 0.3) is 11.8 Å². The fourth-order valence-electron chi connectivity index (χ4n) is 7.07. The molecule has 35 heavy (non-hydrogen) atoms. The SMILES string of the molecule is N#CC(=Cc1cn(-c2ccccc2)nc1C12CC3CC(CC(C3)C1)C2)S(=O)(=O)c1ccc(Cl)cc1. The molecule has 4 fully saturated rings. The Kier molecular flexibility index (Phi) is 5.39. The van der Waals surface area contributed by atoms with Gasteiger partial charge in [0.25, 0.3) is 0 Å². The molecule has 7 heteroatoms. The molecule has 0 unspecified atom stereocenters. The van der Waals surface area contributed by atoms with Crippen molar-refractivity contribution >= 4 is 27.5 Å². The summed E-state index contributed by atoms with van der Waals surface area (Å²) in [4.78, 5) is -0.222. The van der Waals surface area contributed by atoms with Crippen molar-refractivity contribution in [3.8, 4) is 11.8 Å². The van der Waals surface area contributed by atoms with Crippen molar-refractivity contribution in [1.82, 2.24) is 9.78 Å². The molecule has 0 amide bonds. The highest BCUT2D eigenvalue weighted by Crippen LogP contribution is 2.61. The number of nitriles is 1. The van der Waals surface area contributed by atoms with Crippen LogP contribution in [0, 0.1) is 29.1 Å². The van der Waals surface area contributed by atoms with Gasteiger partial charge in [-0.3, -0.25) is 0 Å². The minimum absolute atomic E-state index is 0.0504. The number of allylic oxidation sites excluding steroid dienone is 1. The molecule has 0 N–H and O–H groups in total. The maximum atomic E-state index is 13.4. The highest BCUT2D eigenvalue weighted by atomic mass is 35.5. The van der Waals surface area contributed by atoms with Gasteiger partial charge < -0.3 is 0 Å². The standard InChI is InChI=1S/C28H26ClN3O2S/c29-23-6-8-25(9-7-23)35(33,34)26(17-30)13-22-18-32(24-4-2-1-3-5-24)31-27(22)28-14-19-10-20(15-28)12-21(11-19)16-28/h1-9,13,18-21H,10-12,14-16H2. The number of hydrogen-bond donors (Lipinski definition) is 0. The van der Waals surface area contributed by atoms with Gasteiger partial charge in [0.15, 0.2) is 0 Å². The van der Waals surface area contributed by atoms with Crippen LogP contribution in [0.2, 0.25) is 5.02 Å². The Balaban J connectivity index is 1.49. The van der Waals surface area contributed by atoms with E-state index in [1.807, 2.05) is 47.3 Å². The number of sulfone groups is 1. The van der Waals surface area contributed by atoms with Crippen LogP contribution in [0.3, 0.4) is 0 Å². The molecule has 2 aromatic carbocycles. The molecule has 4 saturated carbocycles. The Morgan fingerprint density at radius 3 is 2.17 bits per heavy atom. The maximum Gasteiger partial charge on any atom is 0.216 e. The van der Waals surface area contributed by atoms with Crippen molar-refractivity contribution in [3.05, 3.63) is 82.0 Å². The molecule has 1 aromatic heterocycles. The monoisotopic (exact) mass is 503 g/mol. The summed E-state index contributed by atoms with van der Waals surface area (Å²) in [5.74, 6) is 2.15. The minimum Gasteiger partial charge on any atom is -0.240 e. The zero-order chi connectivity index (χ0) is 24.2. The predicted molar refractivity (Wildman–Crippen MR) is 136 cm³/mol. The highest BCUT2D eigenvalue weighted by Gasteiger charge is 2.53. The Morgan fingerprint density at radius 1 is 1.00 bits per heavy atom. The van der Waals surface area contributed by atoms with Gasteiger partial charge in [-0.1, -0.05) is 29.8 Å². The number of benzene rings is 2. The summed E-state index contributed by atoms with van der Waals surface area (Å²) in [6, 6.07) is 17.7.